The van der Waals surface area contributed by atoms with Crippen LogP contribution in [0.15, 0.2) is 35.7 Å². The van der Waals surface area contributed by atoms with E-state index in [1.165, 1.54) is 5.56 Å². The van der Waals surface area contributed by atoms with E-state index in [-0.39, 0.29) is 5.78 Å². The molecule has 1 fully saturated rings. The minimum Gasteiger partial charge on any atom is -0.317 e. The molecule has 1 aliphatic heterocycles. The van der Waals surface area contributed by atoms with Gasteiger partial charge in [0.2, 0.25) is 0 Å². The molecule has 0 atom stereocenters. The zero-order valence-corrected chi connectivity index (χ0v) is 12.9. The molecule has 1 aromatic heterocycles. The number of rotatable bonds is 5. The van der Waals surface area contributed by atoms with E-state index >= 15 is 0 Å². The van der Waals surface area contributed by atoms with Crippen LogP contribution in [0.4, 0.5) is 0 Å². The Morgan fingerprint density at radius 1 is 1.24 bits per heavy atom. The van der Waals surface area contributed by atoms with Gasteiger partial charge < -0.3 is 5.32 Å². The second-order valence-electron chi connectivity index (χ2n) is 5.50. The fraction of sp³-hybridized carbons (Fsp3) is 0.412. The molecule has 3 nitrogen and oxygen atoms in total. The van der Waals surface area contributed by atoms with Gasteiger partial charge in [0.1, 0.15) is 5.69 Å². The summed E-state index contributed by atoms with van der Waals surface area (Å²) in [4.78, 5) is 16.8. The first-order chi connectivity index (χ1) is 10.3. The number of thiazole rings is 1. The first kappa shape index (κ1) is 14.4. The molecule has 0 radical (unpaired) electrons. The van der Waals surface area contributed by atoms with Gasteiger partial charge in [-0.25, -0.2) is 4.98 Å². The molecule has 1 N–H and O–H groups in total. The van der Waals surface area contributed by atoms with Gasteiger partial charge in [-0.3, -0.25) is 4.79 Å². The van der Waals surface area contributed by atoms with Gasteiger partial charge in [-0.15, -0.1) is 11.3 Å². The van der Waals surface area contributed by atoms with Crippen LogP contribution in [0.1, 0.15) is 46.2 Å². The summed E-state index contributed by atoms with van der Waals surface area (Å²) in [6, 6.07) is 10.1. The number of nitrogens with zero attached hydrogens (tertiary/aromatic N) is 1. The Balaban J connectivity index is 1.59. The number of carbonyl (C=O) groups is 1. The van der Waals surface area contributed by atoms with Crippen LogP contribution in [0.25, 0.3) is 0 Å². The largest absolute Gasteiger partial charge is 0.317 e. The predicted octanol–water partition coefficient (Wildman–Crippen LogP) is 3.43. The molecule has 0 amide bonds. The number of aryl methyl sites for hydroxylation is 1. The van der Waals surface area contributed by atoms with E-state index in [1.807, 2.05) is 23.6 Å². The van der Waals surface area contributed by atoms with Gasteiger partial charge in [-0.1, -0.05) is 30.3 Å². The minimum absolute atomic E-state index is 0.162. The normalized spacial score (nSPS) is 16.0. The van der Waals surface area contributed by atoms with Gasteiger partial charge in [0.15, 0.2) is 5.78 Å². The van der Waals surface area contributed by atoms with E-state index in [0.717, 1.165) is 37.4 Å². The molecule has 1 saturated heterocycles. The highest BCUT2D eigenvalue weighted by Crippen LogP contribution is 2.28. The lowest BCUT2D eigenvalue weighted by molar-refractivity contribution is 0.0978. The Morgan fingerprint density at radius 3 is 2.76 bits per heavy atom. The molecule has 0 saturated carbocycles. The van der Waals surface area contributed by atoms with Gasteiger partial charge in [-0.2, -0.15) is 0 Å². The van der Waals surface area contributed by atoms with E-state index in [4.69, 9.17) is 0 Å². The zero-order valence-electron chi connectivity index (χ0n) is 12.0. The fourth-order valence-electron chi connectivity index (χ4n) is 2.70. The number of benzene rings is 1. The lowest BCUT2D eigenvalue weighted by Gasteiger charge is -2.20. The average molecular weight is 300 g/mol. The third-order valence-corrected chi connectivity index (χ3v) is 4.99. The lowest BCUT2D eigenvalue weighted by atomic mass is 9.99. The molecule has 0 bridgehead atoms. The Morgan fingerprint density at radius 2 is 2.00 bits per heavy atom. The van der Waals surface area contributed by atoms with Gasteiger partial charge in [-0.05, 0) is 37.9 Å². The van der Waals surface area contributed by atoms with E-state index in [9.17, 15) is 4.79 Å². The van der Waals surface area contributed by atoms with Crippen molar-refractivity contribution >= 4 is 17.1 Å². The third kappa shape index (κ3) is 3.77. The summed E-state index contributed by atoms with van der Waals surface area (Å²) in [5, 5.41) is 6.44. The molecular formula is C17H20N2OS. The summed E-state index contributed by atoms with van der Waals surface area (Å²) in [5.41, 5.74) is 1.86. The van der Waals surface area contributed by atoms with E-state index in [0.29, 0.717) is 18.0 Å². The molecule has 0 unspecified atom stereocenters. The number of aromatic nitrogens is 1. The van der Waals surface area contributed by atoms with Crippen molar-refractivity contribution in [2.24, 2.45) is 0 Å². The Hall–Kier alpha value is -1.52. The summed E-state index contributed by atoms with van der Waals surface area (Å²) < 4.78 is 0. The van der Waals surface area contributed by atoms with Gasteiger partial charge in [0, 0.05) is 17.7 Å². The number of hydrogen-bond acceptors (Lipinski definition) is 4. The van der Waals surface area contributed by atoms with Crippen LogP contribution in [-0.2, 0) is 6.42 Å². The molecule has 110 valence electrons. The molecule has 0 aliphatic carbocycles. The highest BCUT2D eigenvalue weighted by molar-refractivity contribution is 7.09. The highest BCUT2D eigenvalue weighted by atomic mass is 32.1. The summed E-state index contributed by atoms with van der Waals surface area (Å²) in [5.74, 6) is 0.696. The number of Topliss-reactive ketones (excluding diaryl/α,β-unsaturated/α-hetero) is 1. The van der Waals surface area contributed by atoms with Crippen molar-refractivity contribution < 1.29 is 4.79 Å². The monoisotopic (exact) mass is 300 g/mol. The first-order valence-electron chi connectivity index (χ1n) is 7.56. The van der Waals surface area contributed by atoms with Crippen LogP contribution in [-0.4, -0.2) is 23.9 Å². The molecule has 3 rings (SSSR count). The summed E-state index contributed by atoms with van der Waals surface area (Å²) in [6.07, 6.45) is 3.59. The maximum absolute atomic E-state index is 12.2. The predicted molar refractivity (Wildman–Crippen MR) is 86.1 cm³/mol. The molecule has 4 heteroatoms. The number of piperidine rings is 1. The standard InChI is InChI=1S/C17H20N2OS/c20-16(7-6-13-4-2-1-3-5-13)15-12-21-17(19-15)14-8-10-18-11-9-14/h1-5,12,14,18H,6-11H2. The van der Waals surface area contributed by atoms with Crippen LogP contribution < -0.4 is 5.32 Å². The SMILES string of the molecule is O=C(CCc1ccccc1)c1csc(C2CCNCC2)n1. The van der Waals surface area contributed by atoms with Crippen LogP contribution in [0.5, 0.6) is 0 Å². The van der Waals surface area contributed by atoms with Crippen molar-refractivity contribution in [2.75, 3.05) is 13.1 Å². The number of ketones is 1. The molecule has 1 aliphatic rings. The quantitative estimate of drug-likeness (QED) is 0.860. The van der Waals surface area contributed by atoms with Gasteiger partial charge >= 0.3 is 0 Å². The van der Waals surface area contributed by atoms with Crippen molar-refractivity contribution in [1.29, 1.82) is 0 Å². The summed E-state index contributed by atoms with van der Waals surface area (Å²) in [6.45, 7) is 2.11. The number of hydrogen-bond donors (Lipinski definition) is 1. The van der Waals surface area contributed by atoms with E-state index in [2.05, 4.69) is 22.4 Å². The topological polar surface area (TPSA) is 42.0 Å². The van der Waals surface area contributed by atoms with Crippen molar-refractivity contribution in [3.05, 3.63) is 52.0 Å². The number of carbonyl (C=O) groups excluding carboxylic acids is 1. The third-order valence-electron chi connectivity index (χ3n) is 3.98. The van der Waals surface area contributed by atoms with Crippen molar-refractivity contribution in [3.8, 4) is 0 Å². The molecule has 2 aromatic rings. The Kier molecular flexibility index (Phi) is 4.78. The number of nitrogens with one attached hydrogen (secondary N) is 1. The van der Waals surface area contributed by atoms with Gasteiger partial charge in [0.25, 0.3) is 0 Å². The average Bonchev–Trinajstić information content (AvgIpc) is 3.04. The van der Waals surface area contributed by atoms with E-state index < -0.39 is 0 Å². The highest BCUT2D eigenvalue weighted by Gasteiger charge is 2.20. The van der Waals surface area contributed by atoms with Crippen LogP contribution in [0.3, 0.4) is 0 Å². The summed E-state index contributed by atoms with van der Waals surface area (Å²) >= 11 is 1.65. The fourth-order valence-corrected chi connectivity index (χ4v) is 3.70. The Bertz CT molecular complexity index is 588. The molecule has 21 heavy (non-hydrogen) atoms. The Labute approximate surface area is 129 Å². The van der Waals surface area contributed by atoms with Crippen LogP contribution in [0, 0.1) is 0 Å². The van der Waals surface area contributed by atoms with Crippen LogP contribution in [0.2, 0.25) is 0 Å². The maximum Gasteiger partial charge on any atom is 0.182 e. The van der Waals surface area contributed by atoms with Crippen molar-refractivity contribution in [2.45, 2.75) is 31.6 Å². The molecule has 0 spiro atoms. The van der Waals surface area contributed by atoms with Crippen molar-refractivity contribution in [1.82, 2.24) is 10.3 Å². The second-order valence-corrected chi connectivity index (χ2v) is 6.39. The second kappa shape index (κ2) is 6.96. The molecule has 1 aromatic carbocycles. The maximum atomic E-state index is 12.2. The van der Waals surface area contributed by atoms with E-state index in [1.54, 1.807) is 11.3 Å². The van der Waals surface area contributed by atoms with Crippen LogP contribution >= 0.6 is 11.3 Å². The minimum atomic E-state index is 0.162. The van der Waals surface area contributed by atoms with Gasteiger partial charge in [0.05, 0.1) is 5.01 Å². The summed E-state index contributed by atoms with van der Waals surface area (Å²) in [7, 11) is 0. The smallest absolute Gasteiger partial charge is 0.182 e. The first-order valence-corrected chi connectivity index (χ1v) is 8.44. The molecular weight excluding hydrogens is 280 g/mol. The van der Waals surface area contributed by atoms with Crippen molar-refractivity contribution in [3.63, 3.8) is 0 Å². The molecule has 2 heterocycles. The zero-order chi connectivity index (χ0) is 14.5. The lowest BCUT2D eigenvalue weighted by Crippen LogP contribution is -2.26.